The van der Waals surface area contributed by atoms with Crippen molar-refractivity contribution in [3.05, 3.63) is 40.2 Å². The molecular weight excluding hydrogens is 328 g/mol. The Labute approximate surface area is 142 Å². The third-order valence-corrected chi connectivity index (χ3v) is 4.90. The van der Waals surface area contributed by atoms with Gasteiger partial charge in [0.15, 0.2) is 0 Å². The van der Waals surface area contributed by atoms with Gasteiger partial charge in [0, 0.05) is 17.5 Å². The summed E-state index contributed by atoms with van der Waals surface area (Å²) < 4.78 is 5.14. The first-order valence-corrected chi connectivity index (χ1v) is 8.07. The second-order valence-corrected chi connectivity index (χ2v) is 6.36. The first-order valence-electron chi connectivity index (χ1n) is 8.07. The molecule has 2 aromatic rings. The van der Waals surface area contributed by atoms with Crippen LogP contribution in [-0.4, -0.2) is 57.6 Å². The summed E-state index contributed by atoms with van der Waals surface area (Å²) in [5.41, 5.74) is 0.223. The van der Waals surface area contributed by atoms with Crippen molar-refractivity contribution in [3.63, 3.8) is 0 Å². The van der Waals surface area contributed by atoms with Crippen molar-refractivity contribution in [1.29, 1.82) is 0 Å². The highest BCUT2D eigenvalue weighted by molar-refractivity contribution is 6.06. The van der Waals surface area contributed by atoms with Crippen LogP contribution in [0.4, 0.5) is 0 Å². The largest absolute Gasteiger partial charge is 0.497 e. The van der Waals surface area contributed by atoms with Gasteiger partial charge >= 0.3 is 0 Å². The fourth-order valence-corrected chi connectivity index (χ4v) is 3.58. The Bertz CT molecular complexity index is 892. The summed E-state index contributed by atoms with van der Waals surface area (Å²) in [4.78, 5) is 33.2. The Morgan fingerprint density at radius 3 is 2.80 bits per heavy atom. The van der Waals surface area contributed by atoms with E-state index in [0.29, 0.717) is 29.5 Å². The molecule has 0 unspecified atom stereocenters. The number of methoxy groups -OCH3 is 1. The number of aliphatic hydroxyl groups excluding tert-OH is 2. The van der Waals surface area contributed by atoms with E-state index in [9.17, 15) is 19.8 Å². The van der Waals surface area contributed by atoms with Gasteiger partial charge in [0.05, 0.1) is 24.2 Å². The maximum atomic E-state index is 13.0. The number of H-pyrrole nitrogens is 1. The van der Waals surface area contributed by atoms with Gasteiger partial charge in [-0.1, -0.05) is 0 Å². The van der Waals surface area contributed by atoms with E-state index < -0.39 is 35.8 Å². The maximum Gasteiger partial charge on any atom is 0.278 e. The molecule has 1 amide bonds. The van der Waals surface area contributed by atoms with E-state index >= 15 is 0 Å². The first kappa shape index (κ1) is 16.1. The monoisotopic (exact) mass is 346 g/mol. The van der Waals surface area contributed by atoms with E-state index in [2.05, 4.69) is 4.98 Å². The molecule has 3 aliphatic rings. The van der Waals surface area contributed by atoms with Crippen LogP contribution >= 0.6 is 0 Å². The highest BCUT2D eigenvalue weighted by Gasteiger charge is 2.50. The van der Waals surface area contributed by atoms with Crippen LogP contribution in [0.2, 0.25) is 0 Å². The molecule has 3 N–H and O–H groups in total. The van der Waals surface area contributed by atoms with Crippen LogP contribution in [-0.2, 0) is 4.84 Å². The third kappa shape index (κ3) is 2.50. The van der Waals surface area contributed by atoms with Gasteiger partial charge < -0.3 is 19.9 Å². The van der Waals surface area contributed by atoms with Gasteiger partial charge in [-0.2, -0.15) is 0 Å². The zero-order chi connectivity index (χ0) is 17.7. The average Bonchev–Trinajstić information content (AvgIpc) is 2.63. The molecular formula is C17H18N2O6. The topological polar surface area (TPSA) is 112 Å². The van der Waals surface area contributed by atoms with E-state index in [0.717, 1.165) is 5.06 Å². The maximum absolute atomic E-state index is 13.0. The molecule has 0 radical (unpaired) electrons. The standard InChI is InChI=1S/C17H18N2O6/c1-24-8-2-3-9-10(7-14(20)18-11(9)6-8)17(23)19-12-4-5-13(25-19)16(22)15(12)21/h2-3,6-7,12-13,15-16,21-22H,4-5H2,1H3,(H,18,20)/t12-,13+,15+,16-/m0/s1. The Morgan fingerprint density at radius 2 is 2.08 bits per heavy atom. The predicted octanol–water partition coefficient (Wildman–Crippen LogP) is 0.177. The van der Waals surface area contributed by atoms with Crippen molar-refractivity contribution < 1.29 is 24.6 Å². The van der Waals surface area contributed by atoms with Gasteiger partial charge in [-0.15, -0.1) is 0 Å². The number of nitrogens with one attached hydrogen (secondary N) is 1. The molecule has 8 heteroatoms. The van der Waals surface area contributed by atoms with Crippen LogP contribution in [0.3, 0.4) is 0 Å². The minimum atomic E-state index is -1.06. The molecule has 1 aromatic carbocycles. The van der Waals surface area contributed by atoms with Gasteiger partial charge in [-0.05, 0) is 25.0 Å². The molecule has 3 heterocycles. The van der Waals surface area contributed by atoms with Gasteiger partial charge in [-0.25, -0.2) is 5.06 Å². The summed E-state index contributed by atoms with van der Waals surface area (Å²) >= 11 is 0. The van der Waals surface area contributed by atoms with Crippen molar-refractivity contribution in [2.24, 2.45) is 0 Å². The lowest BCUT2D eigenvalue weighted by Crippen LogP contribution is -2.65. The number of carbonyl (C=O) groups excluding carboxylic acids is 1. The molecule has 0 spiro atoms. The Morgan fingerprint density at radius 1 is 1.28 bits per heavy atom. The van der Waals surface area contributed by atoms with Crippen LogP contribution in [0.25, 0.3) is 10.9 Å². The number of hydrogen-bond donors (Lipinski definition) is 3. The number of ether oxygens (including phenoxy) is 1. The molecule has 25 heavy (non-hydrogen) atoms. The van der Waals surface area contributed by atoms with E-state index in [-0.39, 0.29) is 5.56 Å². The van der Waals surface area contributed by atoms with Crippen molar-refractivity contribution in [3.8, 4) is 5.75 Å². The van der Waals surface area contributed by atoms with Crippen molar-refractivity contribution in [2.75, 3.05) is 7.11 Å². The minimum Gasteiger partial charge on any atom is -0.497 e. The number of pyridine rings is 1. The number of hydrogen-bond acceptors (Lipinski definition) is 6. The Kier molecular flexibility index (Phi) is 3.75. The zero-order valence-corrected chi connectivity index (χ0v) is 13.5. The van der Waals surface area contributed by atoms with E-state index in [1.54, 1.807) is 18.2 Å². The number of nitrogens with zero attached hydrogens (tertiary/aromatic N) is 1. The quantitative estimate of drug-likeness (QED) is 0.715. The number of hydroxylamine groups is 2. The van der Waals surface area contributed by atoms with Crippen LogP contribution in [0.1, 0.15) is 23.2 Å². The number of carbonyl (C=O) groups is 1. The lowest BCUT2D eigenvalue weighted by atomic mass is 9.85. The van der Waals surface area contributed by atoms with Crippen molar-refractivity contribution >= 4 is 16.8 Å². The molecule has 2 bridgehead atoms. The molecule has 1 aliphatic carbocycles. The van der Waals surface area contributed by atoms with Crippen LogP contribution in [0.15, 0.2) is 29.1 Å². The predicted molar refractivity (Wildman–Crippen MR) is 87.2 cm³/mol. The molecule has 1 saturated carbocycles. The van der Waals surface area contributed by atoms with Crippen LogP contribution in [0, 0.1) is 0 Å². The summed E-state index contributed by atoms with van der Waals surface area (Å²) in [6, 6.07) is 5.59. The number of aromatic amines is 1. The fourth-order valence-electron chi connectivity index (χ4n) is 3.58. The second-order valence-electron chi connectivity index (χ2n) is 6.36. The normalized spacial score (nSPS) is 28.4. The molecule has 3 fully saturated rings. The minimum absolute atomic E-state index is 0.177. The van der Waals surface area contributed by atoms with E-state index in [4.69, 9.17) is 9.57 Å². The molecule has 1 aromatic heterocycles. The van der Waals surface area contributed by atoms with E-state index in [1.807, 2.05) is 0 Å². The molecule has 2 saturated heterocycles. The number of fused-ring (bicyclic) bond motifs is 4. The van der Waals surface area contributed by atoms with Crippen LogP contribution < -0.4 is 10.3 Å². The number of benzene rings is 1. The molecule has 2 aliphatic heterocycles. The van der Waals surface area contributed by atoms with E-state index in [1.165, 1.54) is 13.2 Å². The molecule has 5 rings (SSSR count). The number of aromatic nitrogens is 1. The highest BCUT2D eigenvalue weighted by Crippen LogP contribution is 2.35. The molecule has 8 nitrogen and oxygen atoms in total. The zero-order valence-electron chi connectivity index (χ0n) is 13.5. The van der Waals surface area contributed by atoms with Crippen LogP contribution in [0.5, 0.6) is 5.75 Å². The van der Waals surface area contributed by atoms with Gasteiger partial charge in [0.2, 0.25) is 5.56 Å². The smallest absolute Gasteiger partial charge is 0.278 e. The lowest BCUT2D eigenvalue weighted by molar-refractivity contribution is -0.306. The Hall–Kier alpha value is -2.42. The lowest BCUT2D eigenvalue weighted by Gasteiger charge is -2.49. The molecule has 4 atom stereocenters. The summed E-state index contributed by atoms with van der Waals surface area (Å²) in [5.74, 6) is 0.0430. The Balaban J connectivity index is 1.77. The number of aliphatic hydroxyl groups is 2. The summed E-state index contributed by atoms with van der Waals surface area (Å²) in [6.45, 7) is 0. The number of rotatable bonds is 2. The third-order valence-electron chi connectivity index (χ3n) is 4.90. The fraction of sp³-hybridized carbons (Fsp3) is 0.412. The number of amides is 1. The van der Waals surface area contributed by atoms with Crippen molar-refractivity contribution in [2.45, 2.75) is 37.2 Å². The van der Waals surface area contributed by atoms with Gasteiger partial charge in [0.1, 0.15) is 24.1 Å². The summed E-state index contributed by atoms with van der Waals surface area (Å²) in [7, 11) is 1.51. The second kappa shape index (κ2) is 5.83. The first-order chi connectivity index (χ1) is 12.0. The van der Waals surface area contributed by atoms with Gasteiger partial charge in [0.25, 0.3) is 5.91 Å². The average molecular weight is 346 g/mol. The summed E-state index contributed by atoms with van der Waals surface area (Å²) in [5, 5.41) is 21.7. The van der Waals surface area contributed by atoms with Gasteiger partial charge in [-0.3, -0.25) is 14.4 Å². The summed E-state index contributed by atoms with van der Waals surface area (Å²) in [6.07, 6.45) is -1.60. The molecule has 132 valence electrons. The highest BCUT2D eigenvalue weighted by atomic mass is 16.7. The SMILES string of the molecule is COc1ccc2c(C(=O)N3O[C@@H]4CC[C@H]3[C@@H](O)[C@H]4O)cc(=O)[nH]c2c1. The van der Waals surface area contributed by atoms with Crippen molar-refractivity contribution in [1.82, 2.24) is 10.0 Å².